The summed E-state index contributed by atoms with van der Waals surface area (Å²) in [5.41, 5.74) is 7.91. The Labute approximate surface area is 124 Å². The van der Waals surface area contributed by atoms with Crippen molar-refractivity contribution in [3.05, 3.63) is 59.7 Å². The highest BCUT2D eigenvalue weighted by atomic mass is 19.1. The molecule has 2 N–H and O–H groups in total. The van der Waals surface area contributed by atoms with E-state index in [1.165, 1.54) is 18.2 Å². The molecule has 0 aliphatic carbocycles. The minimum absolute atomic E-state index is 0.0958. The molecule has 4 heteroatoms. The maximum absolute atomic E-state index is 14.1. The van der Waals surface area contributed by atoms with Crippen molar-refractivity contribution in [3.8, 4) is 0 Å². The highest BCUT2D eigenvalue weighted by Gasteiger charge is 2.15. The van der Waals surface area contributed by atoms with Gasteiger partial charge in [0.05, 0.1) is 0 Å². The van der Waals surface area contributed by atoms with Gasteiger partial charge in [0.25, 0.3) is 0 Å². The van der Waals surface area contributed by atoms with Gasteiger partial charge >= 0.3 is 0 Å². The summed E-state index contributed by atoms with van der Waals surface area (Å²) in [5.74, 6) is -0.595. The minimum Gasteiger partial charge on any atom is -0.344 e. The van der Waals surface area contributed by atoms with Gasteiger partial charge in [0.15, 0.2) is 0 Å². The number of halogens is 2. The van der Waals surface area contributed by atoms with Gasteiger partial charge in [-0.2, -0.15) is 0 Å². The van der Waals surface area contributed by atoms with Gasteiger partial charge in [-0.15, -0.1) is 0 Å². The first-order valence-corrected chi connectivity index (χ1v) is 7.05. The van der Waals surface area contributed by atoms with Crippen LogP contribution in [0.5, 0.6) is 0 Å². The van der Waals surface area contributed by atoms with Crippen molar-refractivity contribution < 1.29 is 8.78 Å². The van der Waals surface area contributed by atoms with Crippen LogP contribution in [0.3, 0.4) is 0 Å². The number of anilines is 2. The molecule has 0 saturated heterocycles. The van der Waals surface area contributed by atoms with Crippen LogP contribution in [0.1, 0.15) is 18.9 Å². The minimum atomic E-state index is -0.317. The number of nitrogens with zero attached hydrogens (tertiary/aromatic N) is 1. The predicted octanol–water partition coefficient (Wildman–Crippen LogP) is 4.01. The lowest BCUT2D eigenvalue weighted by Gasteiger charge is -2.24. The van der Waals surface area contributed by atoms with Crippen LogP contribution >= 0.6 is 0 Å². The van der Waals surface area contributed by atoms with Crippen molar-refractivity contribution in [2.24, 2.45) is 5.73 Å². The molecule has 0 spiro atoms. The fourth-order valence-corrected chi connectivity index (χ4v) is 2.29. The van der Waals surface area contributed by atoms with Crippen molar-refractivity contribution in [1.29, 1.82) is 0 Å². The maximum Gasteiger partial charge on any atom is 0.128 e. The summed E-state index contributed by atoms with van der Waals surface area (Å²) in [6.07, 6.45) is 1.23. The first kappa shape index (κ1) is 15.4. The van der Waals surface area contributed by atoms with Gasteiger partial charge in [-0.1, -0.05) is 19.1 Å². The molecule has 0 amide bonds. The van der Waals surface area contributed by atoms with Gasteiger partial charge in [-0.25, -0.2) is 8.78 Å². The molecule has 0 fully saturated rings. The summed E-state index contributed by atoms with van der Waals surface area (Å²) in [4.78, 5) is 1.78. The summed E-state index contributed by atoms with van der Waals surface area (Å²) in [5, 5.41) is 0. The smallest absolute Gasteiger partial charge is 0.128 e. The van der Waals surface area contributed by atoms with Crippen molar-refractivity contribution in [3.63, 3.8) is 0 Å². The fraction of sp³-hybridized carbons (Fsp3) is 0.294. The van der Waals surface area contributed by atoms with E-state index in [9.17, 15) is 8.78 Å². The van der Waals surface area contributed by atoms with Crippen LogP contribution in [-0.4, -0.2) is 13.1 Å². The van der Waals surface area contributed by atoms with Crippen LogP contribution in [0, 0.1) is 11.6 Å². The Bertz CT molecular complexity index is 613. The molecular weight excluding hydrogens is 270 g/mol. The first-order chi connectivity index (χ1) is 10.0. The van der Waals surface area contributed by atoms with Crippen molar-refractivity contribution in [1.82, 2.24) is 0 Å². The standard InChI is InChI=1S/C17H20F2N2/c1-3-13(20)11-15-16(19)8-5-9-17(15)21(2)14-7-4-6-12(18)10-14/h4-10,13H,3,11,20H2,1-2H3. The van der Waals surface area contributed by atoms with Crippen LogP contribution in [0.15, 0.2) is 42.5 Å². The third-order valence-electron chi connectivity index (χ3n) is 3.64. The summed E-state index contributed by atoms with van der Waals surface area (Å²) < 4.78 is 27.5. The molecule has 0 saturated carbocycles. The van der Waals surface area contributed by atoms with Crippen LogP contribution in [-0.2, 0) is 6.42 Å². The van der Waals surface area contributed by atoms with E-state index in [4.69, 9.17) is 5.73 Å². The van der Waals surface area contributed by atoms with Gasteiger partial charge < -0.3 is 10.6 Å². The zero-order valence-electron chi connectivity index (χ0n) is 12.3. The molecule has 0 aliphatic heterocycles. The van der Waals surface area contributed by atoms with Crippen LogP contribution < -0.4 is 10.6 Å². The lowest BCUT2D eigenvalue weighted by Crippen LogP contribution is -2.24. The molecule has 0 aliphatic rings. The molecular formula is C17H20F2N2. The van der Waals surface area contributed by atoms with Crippen molar-refractivity contribution >= 4 is 11.4 Å². The Kier molecular flexibility index (Phi) is 4.91. The second kappa shape index (κ2) is 6.68. The molecule has 2 aromatic rings. The van der Waals surface area contributed by atoms with Gasteiger partial charge in [0.2, 0.25) is 0 Å². The summed E-state index contributed by atoms with van der Waals surface area (Å²) >= 11 is 0. The fourth-order valence-electron chi connectivity index (χ4n) is 2.29. The average Bonchev–Trinajstić information content (AvgIpc) is 2.48. The van der Waals surface area contributed by atoms with Crippen LogP contribution in [0.2, 0.25) is 0 Å². The third-order valence-corrected chi connectivity index (χ3v) is 3.64. The zero-order chi connectivity index (χ0) is 15.4. The highest BCUT2D eigenvalue weighted by molar-refractivity contribution is 5.66. The molecule has 2 aromatic carbocycles. The average molecular weight is 290 g/mol. The Hall–Kier alpha value is -1.94. The number of hydrogen-bond donors (Lipinski definition) is 1. The van der Waals surface area contributed by atoms with E-state index in [2.05, 4.69) is 0 Å². The second-order valence-electron chi connectivity index (χ2n) is 5.15. The van der Waals surface area contributed by atoms with Gasteiger partial charge in [-0.05, 0) is 43.2 Å². The monoisotopic (exact) mass is 290 g/mol. The number of benzene rings is 2. The second-order valence-corrected chi connectivity index (χ2v) is 5.15. The van der Waals surface area contributed by atoms with Gasteiger partial charge in [0.1, 0.15) is 11.6 Å². The highest BCUT2D eigenvalue weighted by Crippen LogP contribution is 2.30. The number of rotatable bonds is 5. The van der Waals surface area contributed by atoms with Crippen LogP contribution in [0.4, 0.5) is 20.2 Å². The number of hydrogen-bond acceptors (Lipinski definition) is 2. The normalized spacial score (nSPS) is 12.2. The van der Waals surface area contributed by atoms with E-state index in [1.807, 2.05) is 13.0 Å². The molecule has 112 valence electrons. The van der Waals surface area contributed by atoms with Crippen molar-refractivity contribution in [2.75, 3.05) is 11.9 Å². The van der Waals surface area contributed by atoms with E-state index >= 15 is 0 Å². The molecule has 2 rings (SSSR count). The van der Waals surface area contributed by atoms with Gasteiger partial charge in [-0.3, -0.25) is 0 Å². The Morgan fingerprint density at radius 1 is 1.14 bits per heavy atom. The number of nitrogens with two attached hydrogens (primary N) is 1. The van der Waals surface area contributed by atoms with E-state index in [0.29, 0.717) is 23.4 Å². The molecule has 1 atom stereocenters. The van der Waals surface area contributed by atoms with Crippen molar-refractivity contribution in [2.45, 2.75) is 25.8 Å². The Morgan fingerprint density at radius 2 is 1.86 bits per heavy atom. The van der Waals surface area contributed by atoms with E-state index < -0.39 is 0 Å². The Morgan fingerprint density at radius 3 is 2.52 bits per heavy atom. The van der Waals surface area contributed by atoms with E-state index in [-0.39, 0.29) is 17.7 Å². The third kappa shape index (κ3) is 3.58. The molecule has 0 radical (unpaired) electrons. The molecule has 0 aromatic heterocycles. The summed E-state index contributed by atoms with van der Waals surface area (Å²) in [6.45, 7) is 1.97. The molecule has 21 heavy (non-hydrogen) atoms. The summed E-state index contributed by atoms with van der Waals surface area (Å²) in [7, 11) is 1.80. The van der Waals surface area contributed by atoms with E-state index in [0.717, 1.165) is 6.42 Å². The molecule has 2 nitrogen and oxygen atoms in total. The summed E-state index contributed by atoms with van der Waals surface area (Å²) in [6, 6.07) is 11.1. The quantitative estimate of drug-likeness (QED) is 0.901. The SMILES string of the molecule is CCC(N)Cc1c(F)cccc1N(C)c1cccc(F)c1. The molecule has 0 bridgehead atoms. The zero-order valence-corrected chi connectivity index (χ0v) is 12.3. The Balaban J connectivity index is 2.41. The topological polar surface area (TPSA) is 29.3 Å². The first-order valence-electron chi connectivity index (χ1n) is 7.05. The molecule has 1 unspecified atom stereocenters. The lowest BCUT2D eigenvalue weighted by molar-refractivity contribution is 0.579. The van der Waals surface area contributed by atoms with Gasteiger partial charge in [0, 0.05) is 30.0 Å². The predicted molar refractivity (Wildman–Crippen MR) is 82.8 cm³/mol. The van der Waals surface area contributed by atoms with E-state index in [1.54, 1.807) is 30.1 Å². The van der Waals surface area contributed by atoms with Crippen LogP contribution in [0.25, 0.3) is 0 Å². The maximum atomic E-state index is 14.1. The largest absolute Gasteiger partial charge is 0.344 e. The lowest BCUT2D eigenvalue weighted by atomic mass is 10.0. The molecule has 0 heterocycles.